The van der Waals surface area contributed by atoms with E-state index in [9.17, 15) is 31.2 Å². The Labute approximate surface area is 182 Å². The number of amides is 2. The molecule has 0 aromatic heterocycles. The minimum atomic E-state index is -4.72. The fourth-order valence-electron chi connectivity index (χ4n) is 2.58. The molecule has 168 valence electrons. The molecule has 2 aromatic carbocycles. The Morgan fingerprint density at radius 3 is 2.13 bits per heavy atom. The highest BCUT2D eigenvalue weighted by molar-refractivity contribution is 7.92. The molecule has 0 saturated heterocycles. The first kappa shape index (κ1) is 24.5. The van der Waals surface area contributed by atoms with Gasteiger partial charge in [0.1, 0.15) is 6.54 Å². The van der Waals surface area contributed by atoms with Crippen LogP contribution in [0, 0.1) is 0 Å². The van der Waals surface area contributed by atoms with Crippen LogP contribution in [-0.4, -0.2) is 52.0 Å². The standard InChI is InChI=1S/C19H19ClF3N3O4S/c1-25(2)18(28)12-4-7-14(8-5-12)26(31(3,29)30)11-17(27)24-13-6-9-16(20)15(10-13)19(21,22)23/h4-10H,11H2,1-3H3,(H,24,27). The highest BCUT2D eigenvalue weighted by Crippen LogP contribution is 2.36. The van der Waals surface area contributed by atoms with Gasteiger partial charge in [-0.3, -0.25) is 13.9 Å². The number of benzene rings is 2. The Kier molecular flexibility index (Phi) is 7.22. The van der Waals surface area contributed by atoms with Crippen LogP contribution in [0.4, 0.5) is 24.5 Å². The zero-order valence-electron chi connectivity index (χ0n) is 16.7. The fourth-order valence-corrected chi connectivity index (χ4v) is 3.66. The number of carbonyl (C=O) groups excluding carboxylic acids is 2. The second-order valence-corrected chi connectivity index (χ2v) is 9.07. The molecule has 0 aliphatic carbocycles. The lowest BCUT2D eigenvalue weighted by Crippen LogP contribution is -2.37. The fraction of sp³-hybridized carbons (Fsp3) is 0.263. The molecule has 0 unspecified atom stereocenters. The Bertz CT molecular complexity index is 1090. The third-order valence-corrected chi connectivity index (χ3v) is 5.52. The molecule has 0 atom stereocenters. The maximum atomic E-state index is 13.0. The first-order valence-corrected chi connectivity index (χ1v) is 10.9. The van der Waals surface area contributed by atoms with Crippen molar-refractivity contribution >= 4 is 44.8 Å². The monoisotopic (exact) mass is 477 g/mol. The van der Waals surface area contributed by atoms with Crippen LogP contribution in [-0.2, 0) is 21.0 Å². The molecule has 0 radical (unpaired) electrons. The third kappa shape index (κ3) is 6.34. The van der Waals surface area contributed by atoms with Crippen LogP contribution in [0.2, 0.25) is 5.02 Å². The first-order chi connectivity index (χ1) is 14.2. The first-order valence-electron chi connectivity index (χ1n) is 8.66. The topological polar surface area (TPSA) is 86.8 Å². The van der Waals surface area contributed by atoms with Crippen LogP contribution in [0.1, 0.15) is 15.9 Å². The summed E-state index contributed by atoms with van der Waals surface area (Å²) in [6.45, 7) is -0.691. The predicted molar refractivity (Wildman–Crippen MR) is 112 cm³/mol. The number of anilines is 2. The summed E-state index contributed by atoms with van der Waals surface area (Å²) in [7, 11) is -0.797. The summed E-state index contributed by atoms with van der Waals surface area (Å²) in [5.41, 5.74) is -0.900. The van der Waals surface area contributed by atoms with Crippen LogP contribution in [0.3, 0.4) is 0 Å². The SMILES string of the molecule is CN(C)C(=O)c1ccc(N(CC(=O)Nc2ccc(Cl)c(C(F)(F)F)c2)S(C)(=O)=O)cc1. The highest BCUT2D eigenvalue weighted by atomic mass is 35.5. The maximum absolute atomic E-state index is 13.0. The van der Waals surface area contributed by atoms with Gasteiger partial charge in [0, 0.05) is 25.3 Å². The lowest BCUT2D eigenvalue weighted by atomic mass is 10.2. The van der Waals surface area contributed by atoms with E-state index in [1.807, 2.05) is 0 Å². The molecule has 2 rings (SSSR count). The van der Waals surface area contributed by atoms with Crippen LogP contribution in [0.15, 0.2) is 42.5 Å². The van der Waals surface area contributed by atoms with Gasteiger partial charge in [-0.1, -0.05) is 11.6 Å². The van der Waals surface area contributed by atoms with Crippen LogP contribution < -0.4 is 9.62 Å². The zero-order valence-corrected chi connectivity index (χ0v) is 18.3. The van der Waals surface area contributed by atoms with Crippen molar-refractivity contribution in [2.75, 3.05) is 36.5 Å². The van der Waals surface area contributed by atoms with E-state index in [1.165, 1.54) is 35.2 Å². The van der Waals surface area contributed by atoms with Gasteiger partial charge in [-0.25, -0.2) is 8.42 Å². The molecule has 0 spiro atoms. The molecule has 0 aliphatic heterocycles. The minimum Gasteiger partial charge on any atom is -0.345 e. The summed E-state index contributed by atoms with van der Waals surface area (Å²) < 4.78 is 64.1. The van der Waals surface area contributed by atoms with E-state index in [2.05, 4.69) is 5.32 Å². The molecule has 2 aromatic rings. The number of nitrogens with zero attached hydrogens (tertiary/aromatic N) is 2. The van der Waals surface area contributed by atoms with Gasteiger partial charge in [-0.15, -0.1) is 0 Å². The summed E-state index contributed by atoms with van der Waals surface area (Å²) in [4.78, 5) is 25.7. The van der Waals surface area contributed by atoms with Crippen LogP contribution in [0.5, 0.6) is 0 Å². The van der Waals surface area contributed by atoms with Gasteiger partial charge in [0.25, 0.3) is 5.91 Å². The molecule has 31 heavy (non-hydrogen) atoms. The Morgan fingerprint density at radius 1 is 1.06 bits per heavy atom. The number of alkyl halides is 3. The number of rotatable bonds is 6. The summed E-state index contributed by atoms with van der Waals surface area (Å²) in [5.74, 6) is -1.16. The molecule has 0 bridgehead atoms. The average Bonchev–Trinajstić information content (AvgIpc) is 2.65. The molecular weight excluding hydrogens is 459 g/mol. The van der Waals surface area contributed by atoms with Crippen molar-refractivity contribution in [3.05, 3.63) is 58.6 Å². The quantitative estimate of drug-likeness (QED) is 0.690. The number of hydrogen-bond acceptors (Lipinski definition) is 4. The number of sulfonamides is 1. The van der Waals surface area contributed by atoms with E-state index >= 15 is 0 Å². The van der Waals surface area contributed by atoms with Crippen molar-refractivity contribution in [1.29, 1.82) is 0 Å². The van der Waals surface area contributed by atoms with E-state index in [1.54, 1.807) is 14.1 Å². The largest absolute Gasteiger partial charge is 0.417 e. The number of nitrogens with one attached hydrogen (secondary N) is 1. The lowest BCUT2D eigenvalue weighted by Gasteiger charge is -2.22. The Hall–Kier alpha value is -2.79. The molecule has 0 fully saturated rings. The van der Waals surface area contributed by atoms with Crippen molar-refractivity contribution in [3.8, 4) is 0 Å². The molecule has 0 aliphatic rings. The molecular formula is C19H19ClF3N3O4S. The molecule has 0 heterocycles. The van der Waals surface area contributed by atoms with Gasteiger partial charge >= 0.3 is 6.18 Å². The second kappa shape index (κ2) is 9.15. The van der Waals surface area contributed by atoms with Gasteiger partial charge in [-0.05, 0) is 42.5 Å². The van der Waals surface area contributed by atoms with Crippen molar-refractivity contribution in [2.24, 2.45) is 0 Å². The second-order valence-electron chi connectivity index (χ2n) is 6.76. The van der Waals surface area contributed by atoms with Gasteiger partial charge < -0.3 is 10.2 Å². The van der Waals surface area contributed by atoms with Crippen molar-refractivity contribution in [3.63, 3.8) is 0 Å². The van der Waals surface area contributed by atoms with Crippen LogP contribution in [0.25, 0.3) is 0 Å². The number of carbonyl (C=O) groups is 2. The predicted octanol–water partition coefficient (Wildman–Crippen LogP) is 3.47. The summed E-state index contributed by atoms with van der Waals surface area (Å²) in [6.07, 6.45) is -3.84. The zero-order chi connectivity index (χ0) is 23.6. The van der Waals surface area contributed by atoms with Crippen molar-refractivity contribution < 1.29 is 31.2 Å². The molecule has 12 heteroatoms. The van der Waals surface area contributed by atoms with Gasteiger partial charge in [0.15, 0.2) is 0 Å². The highest BCUT2D eigenvalue weighted by Gasteiger charge is 2.33. The van der Waals surface area contributed by atoms with E-state index in [0.29, 0.717) is 11.6 Å². The van der Waals surface area contributed by atoms with Crippen molar-refractivity contribution in [2.45, 2.75) is 6.18 Å². The summed E-state index contributed by atoms with van der Waals surface area (Å²) in [6, 6.07) is 8.33. The van der Waals surface area contributed by atoms with Crippen molar-refractivity contribution in [1.82, 2.24) is 4.90 Å². The van der Waals surface area contributed by atoms with E-state index < -0.39 is 39.2 Å². The van der Waals surface area contributed by atoms with E-state index in [-0.39, 0.29) is 17.3 Å². The van der Waals surface area contributed by atoms with E-state index in [0.717, 1.165) is 16.6 Å². The minimum absolute atomic E-state index is 0.111. The Morgan fingerprint density at radius 2 is 1.65 bits per heavy atom. The third-order valence-electron chi connectivity index (χ3n) is 4.05. The number of halogens is 4. The normalized spacial score (nSPS) is 11.7. The Balaban J connectivity index is 2.24. The van der Waals surface area contributed by atoms with Crippen LogP contribution >= 0.6 is 11.6 Å². The smallest absolute Gasteiger partial charge is 0.345 e. The molecule has 7 nitrogen and oxygen atoms in total. The van der Waals surface area contributed by atoms with E-state index in [4.69, 9.17) is 11.6 Å². The molecule has 2 amide bonds. The lowest BCUT2D eigenvalue weighted by molar-refractivity contribution is -0.137. The average molecular weight is 478 g/mol. The van der Waals surface area contributed by atoms with Gasteiger partial charge in [0.05, 0.1) is 22.5 Å². The molecule has 0 saturated carbocycles. The summed E-state index contributed by atoms with van der Waals surface area (Å²) in [5, 5.41) is 1.70. The van der Waals surface area contributed by atoms with Gasteiger partial charge in [-0.2, -0.15) is 13.2 Å². The number of hydrogen-bond donors (Lipinski definition) is 1. The molecule has 1 N–H and O–H groups in total. The maximum Gasteiger partial charge on any atom is 0.417 e. The summed E-state index contributed by atoms with van der Waals surface area (Å²) >= 11 is 5.55. The van der Waals surface area contributed by atoms with Gasteiger partial charge in [0.2, 0.25) is 15.9 Å².